The summed E-state index contributed by atoms with van der Waals surface area (Å²) in [6, 6.07) is 14.8. The fourth-order valence-corrected chi connectivity index (χ4v) is 4.04. The monoisotopic (exact) mass is 438 g/mol. The standard InChI is InChI=1S/C25H30N2O5/c1-4-21(24(29)30)26-23(28)13-22(15(2)3)27-25(31)32-14-20-18-11-7-5-9-16(18)17-10-6-8-12-19(17)20/h5-12,15,20-22H,4,13-14H2,1-3H3,(H,26,28)(H,27,31)(H,29,30)/t21-,22?/m1/s1. The Morgan fingerprint density at radius 2 is 1.53 bits per heavy atom. The average Bonchev–Trinajstić information content (AvgIpc) is 3.09. The zero-order valence-corrected chi connectivity index (χ0v) is 18.6. The molecule has 0 radical (unpaired) electrons. The maximum Gasteiger partial charge on any atom is 0.407 e. The fraction of sp³-hybridized carbons (Fsp3) is 0.400. The number of alkyl carbamates (subject to hydrolysis) is 1. The molecular weight excluding hydrogens is 408 g/mol. The van der Waals surface area contributed by atoms with E-state index in [1.807, 2.05) is 38.1 Å². The van der Waals surface area contributed by atoms with E-state index in [2.05, 4.69) is 34.9 Å². The molecule has 1 aliphatic carbocycles. The van der Waals surface area contributed by atoms with E-state index >= 15 is 0 Å². The number of hydrogen-bond acceptors (Lipinski definition) is 4. The number of nitrogens with one attached hydrogen (secondary N) is 2. The third-order valence-electron chi connectivity index (χ3n) is 5.90. The van der Waals surface area contributed by atoms with Gasteiger partial charge in [-0.1, -0.05) is 69.3 Å². The molecule has 0 fully saturated rings. The maximum atomic E-state index is 12.5. The molecule has 2 amide bonds. The van der Waals surface area contributed by atoms with Crippen molar-refractivity contribution in [2.45, 2.75) is 51.6 Å². The number of carbonyl (C=O) groups excluding carboxylic acids is 2. The lowest BCUT2D eigenvalue weighted by Gasteiger charge is -2.23. The van der Waals surface area contributed by atoms with Gasteiger partial charge in [-0.25, -0.2) is 9.59 Å². The Labute approximate surface area is 188 Å². The number of hydrogen-bond donors (Lipinski definition) is 3. The highest BCUT2D eigenvalue weighted by molar-refractivity contribution is 5.84. The van der Waals surface area contributed by atoms with Gasteiger partial charge < -0.3 is 20.5 Å². The van der Waals surface area contributed by atoms with E-state index < -0.39 is 30.1 Å². The largest absolute Gasteiger partial charge is 0.480 e. The van der Waals surface area contributed by atoms with Crippen LogP contribution in [0.4, 0.5) is 4.79 Å². The van der Waals surface area contributed by atoms with Crippen LogP contribution in [0, 0.1) is 5.92 Å². The van der Waals surface area contributed by atoms with Crippen molar-refractivity contribution in [3.05, 3.63) is 59.7 Å². The predicted octanol–water partition coefficient (Wildman–Crippen LogP) is 3.92. The second kappa shape index (κ2) is 10.3. The number of benzene rings is 2. The Hall–Kier alpha value is -3.35. The molecule has 0 spiro atoms. The first kappa shape index (κ1) is 23.3. The first-order valence-electron chi connectivity index (χ1n) is 11.0. The number of ether oxygens (including phenoxy) is 1. The minimum atomic E-state index is -1.08. The van der Waals surface area contributed by atoms with Crippen LogP contribution in [-0.4, -0.2) is 41.8 Å². The van der Waals surface area contributed by atoms with Gasteiger partial charge in [0.1, 0.15) is 12.6 Å². The van der Waals surface area contributed by atoms with E-state index in [0.29, 0.717) is 0 Å². The van der Waals surface area contributed by atoms with Crippen LogP contribution >= 0.6 is 0 Å². The lowest BCUT2D eigenvalue weighted by atomic mass is 9.98. The summed E-state index contributed by atoms with van der Waals surface area (Å²) >= 11 is 0. The summed E-state index contributed by atoms with van der Waals surface area (Å²) in [4.78, 5) is 36.0. The zero-order valence-electron chi connectivity index (χ0n) is 18.6. The predicted molar refractivity (Wildman–Crippen MR) is 121 cm³/mol. The van der Waals surface area contributed by atoms with E-state index in [1.165, 1.54) is 0 Å². The SMILES string of the molecule is CC[C@@H](NC(=O)CC(NC(=O)OCC1c2ccccc2-c2ccccc21)C(C)C)C(=O)O. The topological polar surface area (TPSA) is 105 Å². The number of amides is 2. The molecule has 0 aliphatic heterocycles. The van der Waals surface area contributed by atoms with Crippen molar-refractivity contribution in [3.8, 4) is 11.1 Å². The van der Waals surface area contributed by atoms with Crippen LogP contribution in [0.2, 0.25) is 0 Å². The lowest BCUT2D eigenvalue weighted by Crippen LogP contribution is -2.46. The van der Waals surface area contributed by atoms with Crippen molar-refractivity contribution in [2.75, 3.05) is 6.61 Å². The molecule has 0 aromatic heterocycles. The van der Waals surface area contributed by atoms with Gasteiger partial charge in [-0.15, -0.1) is 0 Å². The van der Waals surface area contributed by atoms with Crippen molar-refractivity contribution in [1.82, 2.24) is 10.6 Å². The Balaban J connectivity index is 1.61. The van der Waals surface area contributed by atoms with Crippen LogP contribution in [0.5, 0.6) is 0 Å². The van der Waals surface area contributed by atoms with Crippen LogP contribution in [0.3, 0.4) is 0 Å². The molecular formula is C25H30N2O5. The van der Waals surface area contributed by atoms with E-state index in [4.69, 9.17) is 9.84 Å². The van der Waals surface area contributed by atoms with Crippen LogP contribution in [-0.2, 0) is 14.3 Å². The van der Waals surface area contributed by atoms with Crippen LogP contribution in [0.1, 0.15) is 50.7 Å². The number of aliphatic carboxylic acids is 1. The molecule has 0 saturated carbocycles. The van der Waals surface area contributed by atoms with Gasteiger partial charge in [-0.2, -0.15) is 0 Å². The van der Waals surface area contributed by atoms with Crippen molar-refractivity contribution >= 4 is 18.0 Å². The van der Waals surface area contributed by atoms with Crippen LogP contribution in [0.25, 0.3) is 11.1 Å². The summed E-state index contributed by atoms with van der Waals surface area (Å²) < 4.78 is 5.57. The van der Waals surface area contributed by atoms with E-state index in [9.17, 15) is 14.4 Å². The molecule has 0 saturated heterocycles. The molecule has 32 heavy (non-hydrogen) atoms. The fourth-order valence-electron chi connectivity index (χ4n) is 4.04. The van der Waals surface area contributed by atoms with Crippen molar-refractivity contribution in [1.29, 1.82) is 0 Å². The Bertz CT molecular complexity index is 942. The van der Waals surface area contributed by atoms with Gasteiger partial charge in [0.15, 0.2) is 0 Å². The van der Waals surface area contributed by atoms with Gasteiger partial charge in [0.2, 0.25) is 5.91 Å². The van der Waals surface area contributed by atoms with Gasteiger partial charge in [0.05, 0.1) is 0 Å². The summed E-state index contributed by atoms with van der Waals surface area (Å²) in [6.45, 7) is 5.65. The van der Waals surface area contributed by atoms with Gasteiger partial charge >= 0.3 is 12.1 Å². The molecule has 170 valence electrons. The first-order chi connectivity index (χ1) is 15.3. The highest BCUT2D eigenvalue weighted by Crippen LogP contribution is 2.44. The van der Waals surface area contributed by atoms with Gasteiger partial charge in [-0.05, 0) is 34.6 Å². The van der Waals surface area contributed by atoms with Gasteiger partial charge in [-0.3, -0.25) is 4.79 Å². The molecule has 1 aliphatic rings. The quantitative estimate of drug-likeness (QED) is 0.550. The summed E-state index contributed by atoms with van der Waals surface area (Å²) in [7, 11) is 0. The number of carboxylic acid groups (broad SMARTS) is 1. The normalized spacial score (nSPS) is 14.2. The lowest BCUT2D eigenvalue weighted by molar-refractivity contribution is -0.142. The van der Waals surface area contributed by atoms with Crippen LogP contribution < -0.4 is 10.6 Å². The highest BCUT2D eigenvalue weighted by atomic mass is 16.5. The highest BCUT2D eigenvalue weighted by Gasteiger charge is 2.30. The molecule has 2 aromatic rings. The molecule has 0 bridgehead atoms. The zero-order chi connectivity index (χ0) is 23.3. The summed E-state index contributed by atoms with van der Waals surface area (Å²) in [5.74, 6) is -1.58. The average molecular weight is 439 g/mol. The van der Waals surface area contributed by atoms with Gasteiger partial charge in [0, 0.05) is 18.4 Å². The second-order valence-electron chi connectivity index (χ2n) is 8.39. The number of fused-ring (bicyclic) bond motifs is 3. The van der Waals surface area contributed by atoms with Crippen LogP contribution in [0.15, 0.2) is 48.5 Å². The molecule has 0 heterocycles. The smallest absolute Gasteiger partial charge is 0.407 e. The molecule has 2 aromatic carbocycles. The minimum absolute atomic E-state index is 0.0222. The molecule has 3 rings (SSSR count). The Kier molecular flexibility index (Phi) is 7.51. The minimum Gasteiger partial charge on any atom is -0.480 e. The molecule has 1 unspecified atom stereocenters. The van der Waals surface area contributed by atoms with Crippen molar-refractivity contribution < 1.29 is 24.2 Å². The summed E-state index contributed by atoms with van der Waals surface area (Å²) in [5.41, 5.74) is 4.55. The Morgan fingerprint density at radius 1 is 0.969 bits per heavy atom. The second-order valence-corrected chi connectivity index (χ2v) is 8.39. The van der Waals surface area contributed by atoms with E-state index in [1.54, 1.807) is 6.92 Å². The summed E-state index contributed by atoms with van der Waals surface area (Å²) in [6.07, 6.45) is -0.331. The molecule has 3 N–H and O–H groups in total. The first-order valence-corrected chi connectivity index (χ1v) is 11.0. The van der Waals surface area contributed by atoms with Crippen molar-refractivity contribution in [3.63, 3.8) is 0 Å². The van der Waals surface area contributed by atoms with E-state index in [0.717, 1.165) is 22.3 Å². The molecule has 7 nitrogen and oxygen atoms in total. The molecule has 7 heteroatoms. The van der Waals surface area contributed by atoms with Crippen molar-refractivity contribution in [2.24, 2.45) is 5.92 Å². The number of carbonyl (C=O) groups is 3. The Morgan fingerprint density at radius 3 is 2.03 bits per heavy atom. The van der Waals surface area contributed by atoms with E-state index in [-0.39, 0.29) is 31.3 Å². The maximum absolute atomic E-state index is 12.5. The number of rotatable bonds is 9. The third kappa shape index (κ3) is 5.28. The molecule has 2 atom stereocenters. The third-order valence-corrected chi connectivity index (χ3v) is 5.90. The number of carboxylic acids is 1. The van der Waals surface area contributed by atoms with Gasteiger partial charge in [0.25, 0.3) is 0 Å². The summed E-state index contributed by atoms with van der Waals surface area (Å²) in [5, 5.41) is 14.4.